The van der Waals surface area contributed by atoms with E-state index in [-0.39, 0.29) is 0 Å². The van der Waals surface area contributed by atoms with Gasteiger partial charge in [-0.15, -0.1) is 0 Å². The van der Waals surface area contributed by atoms with Crippen molar-refractivity contribution >= 4 is 11.7 Å². The lowest BCUT2D eigenvalue weighted by atomic mass is 10.1. The maximum Gasteiger partial charge on any atom is 0.338 e. The van der Waals surface area contributed by atoms with Gasteiger partial charge >= 0.3 is 5.97 Å². The zero-order chi connectivity index (χ0) is 12.8. The van der Waals surface area contributed by atoms with Crippen LogP contribution in [-0.4, -0.2) is 33.4 Å². The van der Waals surface area contributed by atoms with Crippen molar-refractivity contribution in [1.82, 2.24) is 0 Å². The average Bonchev–Trinajstić information content (AvgIpc) is 2.32. The van der Waals surface area contributed by atoms with E-state index >= 15 is 0 Å². The summed E-state index contributed by atoms with van der Waals surface area (Å²) in [6.07, 6.45) is 0. The van der Waals surface area contributed by atoms with Gasteiger partial charge in [0, 0.05) is 18.9 Å². The largest absolute Gasteiger partial charge is 0.491 e. The third-order valence-corrected chi connectivity index (χ3v) is 2.38. The van der Waals surface area contributed by atoms with Crippen molar-refractivity contribution in [2.24, 2.45) is 0 Å². The Labute approximate surface area is 100 Å². The van der Waals surface area contributed by atoms with Crippen LogP contribution < -0.4 is 10.5 Å². The predicted molar refractivity (Wildman–Crippen MR) is 64.3 cm³/mol. The molecule has 0 amide bonds. The number of anilines is 1. The molecule has 0 bridgehead atoms. The van der Waals surface area contributed by atoms with Crippen molar-refractivity contribution in [2.75, 3.05) is 33.2 Å². The summed E-state index contributed by atoms with van der Waals surface area (Å²) >= 11 is 0. The van der Waals surface area contributed by atoms with Gasteiger partial charge in [-0.2, -0.15) is 0 Å². The highest BCUT2D eigenvalue weighted by atomic mass is 16.5. The Morgan fingerprint density at radius 2 is 2.00 bits per heavy atom. The van der Waals surface area contributed by atoms with Crippen LogP contribution in [0.25, 0.3) is 0 Å². The highest BCUT2D eigenvalue weighted by Gasteiger charge is 2.13. The highest BCUT2D eigenvalue weighted by molar-refractivity contribution is 5.93. The van der Waals surface area contributed by atoms with Crippen LogP contribution in [0.1, 0.15) is 15.9 Å². The van der Waals surface area contributed by atoms with Gasteiger partial charge in [-0.05, 0) is 18.6 Å². The molecule has 0 unspecified atom stereocenters. The van der Waals surface area contributed by atoms with E-state index in [4.69, 9.17) is 15.2 Å². The number of benzene rings is 1. The molecule has 0 aliphatic carbocycles. The van der Waals surface area contributed by atoms with Crippen molar-refractivity contribution in [3.63, 3.8) is 0 Å². The molecule has 2 N–H and O–H groups in total. The molecule has 0 aliphatic heterocycles. The van der Waals surface area contributed by atoms with Gasteiger partial charge < -0.3 is 19.9 Å². The number of methoxy groups -OCH3 is 2. The standard InChI is InChI=1S/C12H17NO4/c1-8-10(12(14)16-3)6-9(7-11(8)13)17-5-4-15-2/h6-7H,4-5,13H2,1-3H3. The molecule has 0 heterocycles. The van der Waals surface area contributed by atoms with E-state index in [2.05, 4.69) is 4.74 Å². The van der Waals surface area contributed by atoms with E-state index in [9.17, 15) is 4.79 Å². The summed E-state index contributed by atoms with van der Waals surface area (Å²) in [4.78, 5) is 11.5. The highest BCUT2D eigenvalue weighted by Crippen LogP contribution is 2.24. The van der Waals surface area contributed by atoms with Gasteiger partial charge in [-0.1, -0.05) is 0 Å². The molecule has 1 aromatic rings. The fraction of sp³-hybridized carbons (Fsp3) is 0.417. The minimum absolute atomic E-state index is 0.402. The molecule has 0 aliphatic rings. The minimum atomic E-state index is -0.425. The lowest BCUT2D eigenvalue weighted by molar-refractivity contribution is 0.0599. The minimum Gasteiger partial charge on any atom is -0.491 e. The summed E-state index contributed by atoms with van der Waals surface area (Å²) in [6, 6.07) is 3.30. The van der Waals surface area contributed by atoms with Crippen molar-refractivity contribution in [2.45, 2.75) is 6.92 Å². The molecule has 5 heteroatoms. The third-order valence-electron chi connectivity index (χ3n) is 2.38. The molecule has 1 rings (SSSR count). The topological polar surface area (TPSA) is 70.8 Å². The molecular formula is C12H17NO4. The van der Waals surface area contributed by atoms with Crippen LogP contribution in [0.4, 0.5) is 5.69 Å². The van der Waals surface area contributed by atoms with E-state index < -0.39 is 5.97 Å². The second kappa shape index (κ2) is 6.10. The number of ether oxygens (including phenoxy) is 3. The monoisotopic (exact) mass is 239 g/mol. The zero-order valence-corrected chi connectivity index (χ0v) is 10.3. The average molecular weight is 239 g/mol. The first-order valence-electron chi connectivity index (χ1n) is 5.20. The van der Waals surface area contributed by atoms with Crippen LogP contribution in [0.5, 0.6) is 5.75 Å². The van der Waals surface area contributed by atoms with Gasteiger partial charge in [0.2, 0.25) is 0 Å². The van der Waals surface area contributed by atoms with Crippen molar-refractivity contribution in [3.8, 4) is 5.75 Å². The van der Waals surface area contributed by atoms with E-state index in [1.54, 1.807) is 26.2 Å². The summed E-state index contributed by atoms with van der Waals surface area (Å²) in [7, 11) is 2.92. The molecular weight excluding hydrogens is 222 g/mol. The Hall–Kier alpha value is -1.75. The van der Waals surface area contributed by atoms with Gasteiger partial charge in [0.05, 0.1) is 19.3 Å². The summed E-state index contributed by atoms with van der Waals surface area (Å²) in [5.74, 6) is 0.108. The number of rotatable bonds is 5. The number of nitrogens with two attached hydrogens (primary N) is 1. The third kappa shape index (κ3) is 3.35. The van der Waals surface area contributed by atoms with Crippen LogP contribution >= 0.6 is 0 Å². The number of esters is 1. The van der Waals surface area contributed by atoms with Crippen LogP contribution in [0.15, 0.2) is 12.1 Å². The van der Waals surface area contributed by atoms with Crippen molar-refractivity contribution in [1.29, 1.82) is 0 Å². The normalized spacial score (nSPS) is 10.1. The van der Waals surface area contributed by atoms with Crippen LogP contribution in [0, 0.1) is 6.92 Å². The number of nitrogen functional groups attached to an aromatic ring is 1. The van der Waals surface area contributed by atoms with Crippen LogP contribution in [-0.2, 0) is 9.47 Å². The van der Waals surface area contributed by atoms with E-state index in [1.807, 2.05) is 0 Å². The SMILES string of the molecule is COCCOc1cc(N)c(C)c(C(=O)OC)c1. The maximum absolute atomic E-state index is 11.5. The molecule has 0 radical (unpaired) electrons. The van der Waals surface area contributed by atoms with Gasteiger partial charge in [-0.25, -0.2) is 4.79 Å². The first kappa shape index (κ1) is 13.3. The first-order chi connectivity index (χ1) is 8.10. The molecule has 0 saturated heterocycles. The van der Waals surface area contributed by atoms with E-state index in [0.29, 0.717) is 35.8 Å². The molecule has 1 aromatic carbocycles. The van der Waals surface area contributed by atoms with Gasteiger partial charge in [0.15, 0.2) is 0 Å². The van der Waals surface area contributed by atoms with Crippen molar-refractivity contribution in [3.05, 3.63) is 23.3 Å². The van der Waals surface area contributed by atoms with E-state index in [1.165, 1.54) is 7.11 Å². The van der Waals surface area contributed by atoms with Crippen molar-refractivity contribution < 1.29 is 19.0 Å². The fourth-order valence-corrected chi connectivity index (χ4v) is 1.36. The second-order valence-electron chi connectivity index (χ2n) is 3.52. The Kier molecular flexibility index (Phi) is 4.78. The molecule has 0 aromatic heterocycles. The molecule has 0 atom stereocenters. The molecule has 0 fully saturated rings. The maximum atomic E-state index is 11.5. The van der Waals surface area contributed by atoms with Crippen LogP contribution in [0.3, 0.4) is 0 Å². The number of hydrogen-bond acceptors (Lipinski definition) is 5. The summed E-state index contributed by atoms with van der Waals surface area (Å²) in [5, 5.41) is 0. The Balaban J connectivity index is 2.93. The number of carbonyl (C=O) groups excluding carboxylic acids is 1. The van der Waals surface area contributed by atoms with Crippen LogP contribution in [0.2, 0.25) is 0 Å². The molecule has 0 saturated carbocycles. The summed E-state index contributed by atoms with van der Waals surface area (Å²) in [5.41, 5.74) is 7.41. The first-order valence-corrected chi connectivity index (χ1v) is 5.20. The Bertz CT molecular complexity index is 404. The predicted octanol–water partition coefficient (Wildman–Crippen LogP) is 1.39. The van der Waals surface area contributed by atoms with Gasteiger partial charge in [0.25, 0.3) is 0 Å². The number of hydrogen-bond donors (Lipinski definition) is 1. The Morgan fingerprint density at radius 1 is 1.29 bits per heavy atom. The summed E-state index contributed by atoms with van der Waals surface area (Å²) < 4.78 is 15.0. The quantitative estimate of drug-likeness (QED) is 0.477. The zero-order valence-electron chi connectivity index (χ0n) is 10.3. The lowest BCUT2D eigenvalue weighted by Crippen LogP contribution is -2.09. The molecule has 0 spiro atoms. The number of carbonyl (C=O) groups is 1. The van der Waals surface area contributed by atoms with Gasteiger partial charge in [-0.3, -0.25) is 0 Å². The van der Waals surface area contributed by atoms with E-state index in [0.717, 1.165) is 0 Å². The smallest absolute Gasteiger partial charge is 0.338 e. The Morgan fingerprint density at radius 3 is 2.59 bits per heavy atom. The molecule has 94 valence electrons. The molecule has 5 nitrogen and oxygen atoms in total. The fourth-order valence-electron chi connectivity index (χ4n) is 1.36. The molecule has 17 heavy (non-hydrogen) atoms. The van der Waals surface area contributed by atoms with Gasteiger partial charge in [0.1, 0.15) is 12.4 Å². The summed E-state index contributed by atoms with van der Waals surface area (Å²) in [6.45, 7) is 2.64. The second-order valence-corrected chi connectivity index (χ2v) is 3.52. The lowest BCUT2D eigenvalue weighted by Gasteiger charge is -2.11.